The molecule has 0 amide bonds. The predicted octanol–water partition coefficient (Wildman–Crippen LogP) is 2.94. The van der Waals surface area contributed by atoms with Crippen molar-refractivity contribution >= 4 is 29.1 Å². The molecule has 0 bridgehead atoms. The summed E-state index contributed by atoms with van der Waals surface area (Å²) >= 11 is 5.89. The second kappa shape index (κ2) is 6.41. The van der Waals surface area contributed by atoms with Gasteiger partial charge in [-0.3, -0.25) is 5.41 Å². The lowest BCUT2D eigenvalue weighted by Gasteiger charge is -2.15. The minimum absolute atomic E-state index is 0.136. The molecule has 0 radical (unpaired) electrons. The summed E-state index contributed by atoms with van der Waals surface area (Å²) in [5.41, 5.74) is 6.17. The normalized spacial score (nSPS) is 10.5. The molecule has 0 unspecified atom stereocenters. The molecule has 21 heavy (non-hydrogen) atoms. The van der Waals surface area contributed by atoms with Gasteiger partial charge < -0.3 is 15.8 Å². The highest BCUT2D eigenvalue weighted by Gasteiger charge is 2.17. The van der Waals surface area contributed by atoms with E-state index in [1.807, 2.05) is 13.8 Å². The average molecular weight is 306 g/mol. The zero-order valence-corrected chi connectivity index (χ0v) is 12.5. The van der Waals surface area contributed by atoms with Gasteiger partial charge >= 0.3 is 0 Å². The molecule has 1 aromatic carbocycles. The second-order valence-electron chi connectivity index (χ2n) is 4.67. The fourth-order valence-electron chi connectivity index (χ4n) is 1.71. The predicted molar refractivity (Wildman–Crippen MR) is 84.1 cm³/mol. The van der Waals surface area contributed by atoms with Crippen molar-refractivity contribution in [3.63, 3.8) is 0 Å². The van der Waals surface area contributed by atoms with Crippen molar-refractivity contribution in [1.29, 1.82) is 5.41 Å². The number of hydrogen-bond donors (Lipinski definition) is 3. The number of nitrogens with two attached hydrogens (primary N) is 1. The fourth-order valence-corrected chi connectivity index (χ4v) is 1.89. The molecule has 1 aromatic heterocycles. The third-order valence-corrected chi connectivity index (χ3v) is 2.78. The maximum Gasteiger partial charge on any atom is 0.226 e. The van der Waals surface area contributed by atoms with Gasteiger partial charge in [-0.2, -0.15) is 0 Å². The van der Waals surface area contributed by atoms with Crippen LogP contribution in [0.15, 0.2) is 30.6 Å². The number of ether oxygens (including phenoxy) is 1. The summed E-state index contributed by atoms with van der Waals surface area (Å²) in [5, 5.41) is 11.7. The van der Waals surface area contributed by atoms with E-state index in [1.54, 1.807) is 24.3 Å². The van der Waals surface area contributed by atoms with E-state index in [4.69, 9.17) is 27.5 Å². The number of nitrogen functional groups attached to an aromatic ring is 1. The van der Waals surface area contributed by atoms with Crippen LogP contribution in [0.1, 0.15) is 19.4 Å². The van der Waals surface area contributed by atoms with Crippen LogP contribution in [0.2, 0.25) is 5.02 Å². The first-order valence-electron chi connectivity index (χ1n) is 6.36. The largest absolute Gasteiger partial charge is 0.439 e. The highest BCUT2D eigenvalue weighted by atomic mass is 35.5. The molecule has 1 heterocycles. The van der Waals surface area contributed by atoms with Crippen molar-refractivity contribution < 1.29 is 4.74 Å². The third kappa shape index (κ3) is 3.82. The molecule has 0 atom stereocenters. The number of hydrogen-bond acceptors (Lipinski definition) is 6. The van der Waals surface area contributed by atoms with Gasteiger partial charge in [0.2, 0.25) is 5.90 Å². The van der Waals surface area contributed by atoms with Gasteiger partial charge in [-0.05, 0) is 32.0 Å². The lowest BCUT2D eigenvalue weighted by Crippen LogP contribution is -2.20. The van der Waals surface area contributed by atoms with Crippen LogP contribution in [0.25, 0.3) is 0 Å². The smallest absolute Gasteiger partial charge is 0.226 e. The number of anilines is 2. The van der Waals surface area contributed by atoms with Gasteiger partial charge in [0.1, 0.15) is 29.3 Å². The van der Waals surface area contributed by atoms with Gasteiger partial charge in [-0.25, -0.2) is 9.97 Å². The lowest BCUT2D eigenvalue weighted by atomic mass is 10.2. The van der Waals surface area contributed by atoms with Crippen LogP contribution < -0.4 is 15.8 Å². The van der Waals surface area contributed by atoms with Crippen molar-refractivity contribution in [1.82, 2.24) is 9.97 Å². The fraction of sp³-hybridized carbons (Fsp3) is 0.214. The molecule has 0 fully saturated rings. The maximum absolute atomic E-state index is 8.10. The Hall–Kier alpha value is -2.34. The third-order valence-electron chi connectivity index (χ3n) is 2.55. The summed E-state index contributed by atoms with van der Waals surface area (Å²) < 4.78 is 5.48. The minimum atomic E-state index is -0.140. The number of nitrogens with zero attached hydrogens (tertiary/aromatic N) is 2. The number of benzene rings is 1. The molecule has 2 aromatic rings. The molecular formula is C14H16ClN5O. The molecular weight excluding hydrogens is 290 g/mol. The highest BCUT2D eigenvalue weighted by Crippen LogP contribution is 2.22. The van der Waals surface area contributed by atoms with Crippen molar-refractivity contribution in [2.24, 2.45) is 0 Å². The van der Waals surface area contributed by atoms with Crippen LogP contribution in [-0.4, -0.2) is 21.9 Å². The van der Waals surface area contributed by atoms with Crippen LogP contribution in [-0.2, 0) is 0 Å². The van der Waals surface area contributed by atoms with E-state index in [9.17, 15) is 0 Å². The van der Waals surface area contributed by atoms with Gasteiger partial charge in [0, 0.05) is 11.1 Å². The summed E-state index contributed by atoms with van der Waals surface area (Å²) in [5.74, 6) is 0.953. The summed E-state index contributed by atoms with van der Waals surface area (Å²) in [6.07, 6.45) is 1.34. The van der Waals surface area contributed by atoms with Crippen LogP contribution in [0.3, 0.4) is 0 Å². The molecule has 110 valence electrons. The van der Waals surface area contributed by atoms with Crippen LogP contribution >= 0.6 is 11.6 Å². The number of halogens is 1. The Balaban J connectivity index is 2.30. The Bertz CT molecular complexity index is 660. The summed E-state index contributed by atoms with van der Waals surface area (Å²) in [4.78, 5) is 8.02. The quantitative estimate of drug-likeness (QED) is 0.596. The lowest BCUT2D eigenvalue weighted by molar-refractivity contribution is 0.547. The summed E-state index contributed by atoms with van der Waals surface area (Å²) in [6, 6.07) is 6.92. The Morgan fingerprint density at radius 3 is 2.81 bits per heavy atom. The van der Waals surface area contributed by atoms with E-state index in [0.29, 0.717) is 22.2 Å². The Kier molecular flexibility index (Phi) is 4.59. The van der Waals surface area contributed by atoms with Gasteiger partial charge in [0.15, 0.2) is 0 Å². The van der Waals surface area contributed by atoms with E-state index in [2.05, 4.69) is 15.3 Å². The molecule has 4 N–H and O–H groups in total. The summed E-state index contributed by atoms with van der Waals surface area (Å²) in [7, 11) is 0. The Labute approximate surface area is 127 Å². The van der Waals surface area contributed by atoms with Crippen LogP contribution in [0.5, 0.6) is 5.75 Å². The molecule has 2 rings (SSSR count). The van der Waals surface area contributed by atoms with Gasteiger partial charge in [0.05, 0.1) is 0 Å². The Morgan fingerprint density at radius 1 is 1.38 bits per heavy atom. The van der Waals surface area contributed by atoms with Gasteiger partial charge in [-0.1, -0.05) is 17.7 Å². The average Bonchev–Trinajstić information content (AvgIpc) is 2.37. The topological polar surface area (TPSA) is 96.9 Å². The highest BCUT2D eigenvalue weighted by molar-refractivity contribution is 6.30. The molecule has 0 spiro atoms. The first-order valence-corrected chi connectivity index (χ1v) is 6.74. The Morgan fingerprint density at radius 2 is 2.14 bits per heavy atom. The van der Waals surface area contributed by atoms with E-state index in [0.717, 1.165) is 0 Å². The zero-order valence-electron chi connectivity index (χ0n) is 11.7. The first kappa shape index (κ1) is 15.1. The van der Waals surface area contributed by atoms with E-state index in [1.165, 1.54) is 6.33 Å². The van der Waals surface area contributed by atoms with Crippen molar-refractivity contribution in [3.8, 4) is 5.75 Å². The molecule has 0 saturated carbocycles. The molecule has 0 aliphatic heterocycles. The van der Waals surface area contributed by atoms with Gasteiger partial charge in [-0.15, -0.1) is 0 Å². The molecule has 0 aliphatic carbocycles. The maximum atomic E-state index is 8.10. The van der Waals surface area contributed by atoms with Crippen molar-refractivity contribution in [2.45, 2.75) is 19.9 Å². The van der Waals surface area contributed by atoms with Crippen LogP contribution in [0, 0.1) is 5.41 Å². The number of aromatic nitrogens is 2. The number of rotatable bonds is 4. The van der Waals surface area contributed by atoms with Crippen molar-refractivity contribution in [3.05, 3.63) is 41.2 Å². The van der Waals surface area contributed by atoms with E-state index >= 15 is 0 Å². The van der Waals surface area contributed by atoms with E-state index < -0.39 is 0 Å². The first-order chi connectivity index (χ1) is 9.97. The van der Waals surface area contributed by atoms with E-state index in [-0.39, 0.29) is 17.8 Å². The molecule has 6 nitrogen and oxygen atoms in total. The summed E-state index contributed by atoms with van der Waals surface area (Å²) in [6.45, 7) is 3.92. The monoisotopic (exact) mass is 305 g/mol. The van der Waals surface area contributed by atoms with Gasteiger partial charge in [0.25, 0.3) is 0 Å². The zero-order chi connectivity index (χ0) is 15.4. The molecule has 0 saturated heterocycles. The molecule has 7 heteroatoms. The minimum Gasteiger partial charge on any atom is -0.439 e. The van der Waals surface area contributed by atoms with Crippen LogP contribution in [0.4, 0.5) is 11.6 Å². The number of nitrogens with one attached hydrogen (secondary N) is 2. The standard InChI is InChI=1S/C14H16ClN5O/c1-8(2)20-14-11(12(16)18-7-19-14)13(17)21-10-5-3-4-9(15)6-10/h3-8,17H,1-2H3,(H3,16,18,19,20). The molecule has 0 aliphatic rings. The SMILES string of the molecule is CC(C)Nc1ncnc(N)c1C(=N)Oc1cccc(Cl)c1. The second-order valence-corrected chi connectivity index (χ2v) is 5.11. The van der Waals surface area contributed by atoms with Crippen molar-refractivity contribution in [2.75, 3.05) is 11.1 Å².